The van der Waals surface area contributed by atoms with E-state index in [0.717, 1.165) is 0 Å². The third-order valence-electron chi connectivity index (χ3n) is 11.4. The molecule has 0 saturated heterocycles. The Morgan fingerprint density at radius 3 is 1.56 bits per heavy atom. The molecule has 0 aliphatic carbocycles. The summed E-state index contributed by atoms with van der Waals surface area (Å²) in [5.41, 5.74) is 7.54. The fourth-order valence-corrected chi connectivity index (χ4v) is 11.4. The molecule has 0 amide bonds. The normalized spacial score (nSPS) is 12.1. The summed E-state index contributed by atoms with van der Waals surface area (Å²) in [5.74, 6) is 0. The van der Waals surface area contributed by atoms with Crippen LogP contribution < -0.4 is 0 Å². The van der Waals surface area contributed by atoms with Crippen LogP contribution in [0.15, 0.2) is 182 Å². The minimum atomic E-state index is 1.23. The van der Waals surface area contributed by atoms with Gasteiger partial charge in [-0.2, -0.15) is 0 Å². The minimum Gasteiger partial charge on any atom is -0.135 e. The van der Waals surface area contributed by atoms with Gasteiger partial charge in [-0.25, -0.2) is 0 Å². The van der Waals surface area contributed by atoms with Crippen molar-refractivity contribution < 1.29 is 0 Å². The summed E-state index contributed by atoms with van der Waals surface area (Å²) in [6.07, 6.45) is 0. The fraction of sp³-hybridized carbons (Fsp3) is 0. The highest BCUT2D eigenvalue weighted by Gasteiger charge is 2.20. The van der Waals surface area contributed by atoms with Crippen LogP contribution in [0.5, 0.6) is 0 Å². The summed E-state index contributed by atoms with van der Waals surface area (Å²) in [5, 5.41) is 15.7. The zero-order valence-electron chi connectivity index (χ0n) is 29.1. The second-order valence-corrected chi connectivity index (χ2v) is 16.5. The molecule has 2 aromatic heterocycles. The molecular weight excluding hydrogens is 689 g/mol. The molecule has 2 heteroatoms. The molecule has 0 radical (unpaired) electrons. The van der Waals surface area contributed by atoms with E-state index in [1.165, 1.54) is 117 Å². The number of fused-ring (bicyclic) bond motifs is 12. The van der Waals surface area contributed by atoms with Gasteiger partial charge >= 0.3 is 0 Å². The third kappa shape index (κ3) is 4.42. The van der Waals surface area contributed by atoms with Crippen LogP contribution >= 0.6 is 22.7 Å². The summed E-state index contributed by atoms with van der Waals surface area (Å²) in [7, 11) is 0. The van der Waals surface area contributed by atoms with Crippen LogP contribution in [0.25, 0.3) is 117 Å². The first-order valence-electron chi connectivity index (χ1n) is 18.5. The van der Waals surface area contributed by atoms with E-state index >= 15 is 0 Å². The molecule has 10 aromatic carbocycles. The maximum atomic E-state index is 2.48. The van der Waals surface area contributed by atoms with Crippen LogP contribution in [0.4, 0.5) is 0 Å². The minimum absolute atomic E-state index is 1.23. The van der Waals surface area contributed by atoms with Gasteiger partial charge in [0.05, 0.1) is 0 Å². The summed E-state index contributed by atoms with van der Waals surface area (Å²) in [6.45, 7) is 0. The molecule has 0 atom stereocenters. The molecular formula is C52H30S2. The highest BCUT2D eigenvalue weighted by Crippen LogP contribution is 2.49. The number of hydrogen-bond donors (Lipinski definition) is 0. The lowest BCUT2D eigenvalue weighted by Crippen LogP contribution is -1.91. The highest BCUT2D eigenvalue weighted by molar-refractivity contribution is 7.29. The molecule has 0 aliphatic heterocycles. The van der Waals surface area contributed by atoms with Crippen molar-refractivity contribution >= 4 is 106 Å². The van der Waals surface area contributed by atoms with Crippen molar-refractivity contribution in [2.45, 2.75) is 0 Å². The van der Waals surface area contributed by atoms with Crippen molar-refractivity contribution in [1.29, 1.82) is 0 Å². The first kappa shape index (κ1) is 30.2. The summed E-state index contributed by atoms with van der Waals surface area (Å²) < 4.78 is 5.42. The van der Waals surface area contributed by atoms with E-state index in [1.807, 2.05) is 22.7 Å². The monoisotopic (exact) mass is 718 g/mol. The van der Waals surface area contributed by atoms with Crippen LogP contribution in [-0.2, 0) is 0 Å². The standard InChI is InChI=1S/C52H30S2/c1-2-12-33-28-35(21-20-31(33)10-1)34-13-9-14-36(29-34)48-39-16-5-7-18-41(39)49(42-19-8-6-17-40(42)48)37-23-25-45-44(30-37)51-47(53-45)27-24-43-50-38-15-4-3-11-32(38)22-26-46(50)54-52(43)51/h1-30H. The summed E-state index contributed by atoms with van der Waals surface area (Å²) >= 11 is 3.85. The molecule has 0 saturated carbocycles. The zero-order chi connectivity index (χ0) is 35.3. The lowest BCUT2D eigenvalue weighted by Gasteiger charge is -2.18. The van der Waals surface area contributed by atoms with Gasteiger partial charge in [0.2, 0.25) is 0 Å². The average molecular weight is 719 g/mol. The first-order chi connectivity index (χ1) is 26.8. The fourth-order valence-electron chi connectivity index (χ4n) is 8.99. The van der Waals surface area contributed by atoms with Gasteiger partial charge in [0.25, 0.3) is 0 Å². The van der Waals surface area contributed by atoms with Crippen molar-refractivity contribution in [2.24, 2.45) is 0 Å². The Bertz CT molecular complexity index is 3450. The van der Waals surface area contributed by atoms with E-state index < -0.39 is 0 Å². The number of rotatable bonds is 3. The summed E-state index contributed by atoms with van der Waals surface area (Å²) in [6, 6.07) is 67.8. The topological polar surface area (TPSA) is 0 Å². The zero-order valence-corrected chi connectivity index (χ0v) is 30.8. The molecule has 0 fully saturated rings. The predicted molar refractivity (Wildman–Crippen MR) is 239 cm³/mol. The van der Waals surface area contributed by atoms with E-state index in [4.69, 9.17) is 0 Å². The Morgan fingerprint density at radius 2 is 0.796 bits per heavy atom. The molecule has 0 spiro atoms. The molecule has 0 unspecified atom stereocenters. The van der Waals surface area contributed by atoms with Gasteiger partial charge < -0.3 is 0 Å². The Balaban J connectivity index is 1.10. The molecule has 0 bridgehead atoms. The van der Waals surface area contributed by atoms with Gasteiger partial charge in [0.1, 0.15) is 0 Å². The van der Waals surface area contributed by atoms with Crippen molar-refractivity contribution in [3.8, 4) is 33.4 Å². The van der Waals surface area contributed by atoms with E-state index in [0.29, 0.717) is 0 Å². The molecule has 0 N–H and O–H groups in total. The van der Waals surface area contributed by atoms with Gasteiger partial charge in [-0.15, -0.1) is 22.7 Å². The van der Waals surface area contributed by atoms with Crippen molar-refractivity contribution in [2.75, 3.05) is 0 Å². The maximum Gasteiger partial charge on any atom is 0.0448 e. The second kappa shape index (κ2) is 11.6. The third-order valence-corrected chi connectivity index (χ3v) is 13.7. The van der Waals surface area contributed by atoms with Gasteiger partial charge in [0.15, 0.2) is 0 Å². The number of thiophene rings is 2. The Morgan fingerprint density at radius 1 is 0.259 bits per heavy atom. The van der Waals surface area contributed by atoms with Crippen molar-refractivity contribution in [3.63, 3.8) is 0 Å². The molecule has 12 rings (SSSR count). The quantitative estimate of drug-likeness (QED) is 0.160. The molecule has 12 aromatic rings. The smallest absolute Gasteiger partial charge is 0.0448 e. The highest BCUT2D eigenvalue weighted by atomic mass is 32.1. The van der Waals surface area contributed by atoms with Gasteiger partial charge in [-0.3, -0.25) is 0 Å². The first-order valence-corrected chi connectivity index (χ1v) is 20.1. The number of hydrogen-bond acceptors (Lipinski definition) is 2. The van der Waals surface area contributed by atoms with Crippen LogP contribution in [0, 0.1) is 0 Å². The molecule has 2 heterocycles. The largest absolute Gasteiger partial charge is 0.135 e. The molecule has 0 nitrogen and oxygen atoms in total. The van der Waals surface area contributed by atoms with E-state index in [1.54, 1.807) is 0 Å². The maximum absolute atomic E-state index is 2.48. The average Bonchev–Trinajstić information content (AvgIpc) is 3.81. The van der Waals surface area contributed by atoms with Gasteiger partial charge in [-0.1, -0.05) is 146 Å². The lowest BCUT2D eigenvalue weighted by molar-refractivity contribution is 1.63. The Hall–Kier alpha value is -6.32. The van der Waals surface area contributed by atoms with Gasteiger partial charge in [0, 0.05) is 40.3 Å². The van der Waals surface area contributed by atoms with Gasteiger partial charge in [-0.05, 0) is 113 Å². The molecule has 54 heavy (non-hydrogen) atoms. The lowest BCUT2D eigenvalue weighted by atomic mass is 9.85. The van der Waals surface area contributed by atoms with E-state index in [2.05, 4.69) is 182 Å². The van der Waals surface area contributed by atoms with Crippen LogP contribution in [0.3, 0.4) is 0 Å². The Labute approximate surface area is 319 Å². The van der Waals surface area contributed by atoms with Crippen molar-refractivity contribution in [1.82, 2.24) is 0 Å². The van der Waals surface area contributed by atoms with Crippen LogP contribution in [-0.4, -0.2) is 0 Å². The van der Waals surface area contributed by atoms with E-state index in [-0.39, 0.29) is 0 Å². The van der Waals surface area contributed by atoms with Crippen molar-refractivity contribution in [3.05, 3.63) is 182 Å². The SMILES string of the molecule is c1cc(-c2ccc3ccccc3c2)cc(-c2c3ccccc3c(-c3ccc4sc5ccc6c(sc7ccc8ccccc8c76)c5c4c3)c3ccccc23)c1. The second-order valence-electron chi connectivity index (χ2n) is 14.4. The molecule has 250 valence electrons. The number of benzene rings is 10. The predicted octanol–water partition coefficient (Wildman–Crippen LogP) is 16.0. The van der Waals surface area contributed by atoms with Crippen LogP contribution in [0.1, 0.15) is 0 Å². The molecule has 0 aliphatic rings. The Kier molecular flexibility index (Phi) is 6.48. The summed E-state index contributed by atoms with van der Waals surface area (Å²) in [4.78, 5) is 0. The van der Waals surface area contributed by atoms with Crippen LogP contribution in [0.2, 0.25) is 0 Å². The van der Waals surface area contributed by atoms with E-state index in [9.17, 15) is 0 Å².